The number of halogens is 6. The molecule has 0 bridgehead atoms. The summed E-state index contributed by atoms with van der Waals surface area (Å²) >= 11 is 1.35. The van der Waals surface area contributed by atoms with Crippen LogP contribution in [0.25, 0.3) is 0 Å². The van der Waals surface area contributed by atoms with E-state index in [1.165, 1.54) is 36.3 Å². The standard InChI is InChI=1S/C20H13F6N3OS/c21-19(22,23)14-7-15(20(24,25)26)9-16(8-14)29-18(30)13-3-1-2-12(6-13)11-31-17-10-27-4-5-28-17/h1-10H,11H2,(H,29,30). The van der Waals surface area contributed by atoms with Crippen molar-refractivity contribution in [1.82, 2.24) is 9.97 Å². The van der Waals surface area contributed by atoms with Crippen LogP contribution < -0.4 is 5.32 Å². The van der Waals surface area contributed by atoms with E-state index in [2.05, 4.69) is 15.3 Å². The van der Waals surface area contributed by atoms with Crippen molar-refractivity contribution < 1.29 is 31.1 Å². The summed E-state index contributed by atoms with van der Waals surface area (Å²) in [6.07, 6.45) is -5.40. The van der Waals surface area contributed by atoms with Crippen molar-refractivity contribution in [2.45, 2.75) is 23.1 Å². The van der Waals surface area contributed by atoms with Gasteiger partial charge in [-0.2, -0.15) is 26.3 Å². The molecule has 0 saturated heterocycles. The number of nitrogens with one attached hydrogen (secondary N) is 1. The van der Waals surface area contributed by atoms with Crippen LogP contribution in [0.5, 0.6) is 0 Å². The molecule has 0 aliphatic rings. The van der Waals surface area contributed by atoms with Crippen LogP contribution in [0.4, 0.5) is 32.0 Å². The molecule has 0 saturated carbocycles. The van der Waals surface area contributed by atoms with E-state index in [1.807, 2.05) is 0 Å². The molecular weight excluding hydrogens is 444 g/mol. The van der Waals surface area contributed by atoms with Crippen LogP contribution in [0, 0.1) is 0 Å². The second-order valence-electron chi connectivity index (χ2n) is 6.28. The van der Waals surface area contributed by atoms with Gasteiger partial charge < -0.3 is 5.32 Å². The number of anilines is 1. The Labute approximate surface area is 176 Å². The van der Waals surface area contributed by atoms with E-state index in [4.69, 9.17) is 0 Å². The van der Waals surface area contributed by atoms with Gasteiger partial charge in [-0.1, -0.05) is 12.1 Å². The largest absolute Gasteiger partial charge is 0.416 e. The summed E-state index contributed by atoms with van der Waals surface area (Å²) in [7, 11) is 0. The maximum Gasteiger partial charge on any atom is 0.416 e. The Morgan fingerprint density at radius 3 is 2.19 bits per heavy atom. The topological polar surface area (TPSA) is 54.9 Å². The number of hydrogen-bond acceptors (Lipinski definition) is 4. The zero-order valence-corrected chi connectivity index (χ0v) is 16.3. The van der Waals surface area contributed by atoms with E-state index < -0.39 is 35.1 Å². The fourth-order valence-corrected chi connectivity index (χ4v) is 3.31. The molecule has 1 aromatic heterocycles. The van der Waals surface area contributed by atoms with Crippen LogP contribution in [0.2, 0.25) is 0 Å². The van der Waals surface area contributed by atoms with Crippen molar-refractivity contribution in [2.75, 3.05) is 5.32 Å². The molecule has 162 valence electrons. The number of alkyl halides is 6. The maximum atomic E-state index is 13.0. The van der Waals surface area contributed by atoms with Crippen molar-refractivity contribution in [3.63, 3.8) is 0 Å². The van der Waals surface area contributed by atoms with Crippen molar-refractivity contribution in [1.29, 1.82) is 0 Å². The lowest BCUT2D eigenvalue weighted by atomic mass is 10.1. The Morgan fingerprint density at radius 1 is 0.935 bits per heavy atom. The van der Waals surface area contributed by atoms with Gasteiger partial charge in [-0.05, 0) is 35.9 Å². The summed E-state index contributed by atoms with van der Waals surface area (Å²) < 4.78 is 77.9. The van der Waals surface area contributed by atoms with Crippen molar-refractivity contribution in [3.05, 3.63) is 83.3 Å². The van der Waals surface area contributed by atoms with Crippen LogP contribution >= 0.6 is 11.8 Å². The highest BCUT2D eigenvalue weighted by Crippen LogP contribution is 2.37. The zero-order chi connectivity index (χ0) is 22.6. The summed E-state index contributed by atoms with van der Waals surface area (Å²) in [5, 5.41) is 2.77. The van der Waals surface area contributed by atoms with Gasteiger partial charge in [0.15, 0.2) is 0 Å². The van der Waals surface area contributed by atoms with Gasteiger partial charge in [0.1, 0.15) is 5.03 Å². The molecule has 3 rings (SSSR count). The summed E-state index contributed by atoms with van der Waals surface area (Å²) in [6.45, 7) is 0. The second kappa shape index (κ2) is 8.96. The minimum absolute atomic E-state index is 0.0000239. The molecule has 0 aliphatic carbocycles. The molecular formula is C20H13F6N3OS. The molecule has 3 aromatic rings. The van der Waals surface area contributed by atoms with Crippen LogP contribution in [-0.2, 0) is 18.1 Å². The lowest BCUT2D eigenvalue weighted by Gasteiger charge is -2.15. The number of benzene rings is 2. The second-order valence-corrected chi connectivity index (χ2v) is 7.28. The predicted octanol–water partition coefficient (Wildman–Crippen LogP) is 6.06. The molecule has 0 fully saturated rings. The number of hydrogen-bond donors (Lipinski definition) is 1. The van der Waals surface area contributed by atoms with Crippen molar-refractivity contribution in [3.8, 4) is 0 Å². The summed E-state index contributed by atoms with van der Waals surface area (Å²) in [5.74, 6) is -0.402. The fraction of sp³-hybridized carbons (Fsp3) is 0.150. The van der Waals surface area contributed by atoms with Gasteiger partial charge in [-0.15, -0.1) is 11.8 Å². The zero-order valence-electron chi connectivity index (χ0n) is 15.5. The molecule has 0 radical (unpaired) electrons. The van der Waals surface area contributed by atoms with Gasteiger partial charge in [0.05, 0.1) is 17.3 Å². The fourth-order valence-electron chi connectivity index (χ4n) is 2.55. The first-order valence-electron chi connectivity index (χ1n) is 8.61. The lowest BCUT2D eigenvalue weighted by molar-refractivity contribution is -0.143. The van der Waals surface area contributed by atoms with Crippen LogP contribution in [0.3, 0.4) is 0 Å². The SMILES string of the molecule is O=C(Nc1cc(C(F)(F)F)cc(C(F)(F)F)c1)c1cccc(CSc2cnccn2)c1. The normalized spacial score (nSPS) is 11.9. The van der Waals surface area contributed by atoms with E-state index >= 15 is 0 Å². The Balaban J connectivity index is 1.79. The molecule has 4 nitrogen and oxygen atoms in total. The molecule has 0 aliphatic heterocycles. The number of nitrogens with zero attached hydrogens (tertiary/aromatic N) is 2. The van der Waals surface area contributed by atoms with E-state index in [9.17, 15) is 31.1 Å². The molecule has 0 atom stereocenters. The average Bonchev–Trinajstić information content (AvgIpc) is 2.72. The highest BCUT2D eigenvalue weighted by Gasteiger charge is 2.37. The third-order valence-corrected chi connectivity index (χ3v) is 4.95. The Kier molecular flexibility index (Phi) is 6.54. The molecule has 31 heavy (non-hydrogen) atoms. The van der Waals surface area contributed by atoms with Gasteiger partial charge in [0.2, 0.25) is 0 Å². The molecule has 1 N–H and O–H groups in total. The Hall–Kier alpha value is -3.08. The average molecular weight is 457 g/mol. The summed E-state index contributed by atoms with van der Waals surface area (Å²) in [6, 6.07) is 7.11. The lowest BCUT2D eigenvalue weighted by Crippen LogP contribution is -2.16. The molecule has 1 amide bonds. The molecule has 0 spiro atoms. The van der Waals surface area contributed by atoms with Crippen LogP contribution in [-0.4, -0.2) is 15.9 Å². The molecule has 0 unspecified atom stereocenters. The number of aromatic nitrogens is 2. The first-order chi connectivity index (χ1) is 14.5. The van der Waals surface area contributed by atoms with E-state index in [0.29, 0.717) is 28.5 Å². The van der Waals surface area contributed by atoms with Gasteiger partial charge in [0.25, 0.3) is 5.91 Å². The number of carbonyl (C=O) groups is 1. The number of thioether (sulfide) groups is 1. The number of amides is 1. The third kappa shape index (κ3) is 6.20. The minimum Gasteiger partial charge on any atom is -0.322 e. The van der Waals surface area contributed by atoms with E-state index in [-0.39, 0.29) is 11.6 Å². The van der Waals surface area contributed by atoms with E-state index in [1.54, 1.807) is 18.3 Å². The van der Waals surface area contributed by atoms with Crippen molar-refractivity contribution >= 4 is 23.4 Å². The minimum atomic E-state index is -5.00. The highest BCUT2D eigenvalue weighted by molar-refractivity contribution is 7.98. The van der Waals surface area contributed by atoms with Crippen LogP contribution in [0.1, 0.15) is 27.0 Å². The molecule has 1 heterocycles. The summed E-state index contributed by atoms with van der Waals surface area (Å²) in [4.78, 5) is 20.5. The maximum absolute atomic E-state index is 13.0. The van der Waals surface area contributed by atoms with Gasteiger partial charge >= 0.3 is 12.4 Å². The third-order valence-electron chi connectivity index (χ3n) is 3.96. The number of carbonyl (C=O) groups excluding carboxylic acids is 1. The predicted molar refractivity (Wildman–Crippen MR) is 102 cm³/mol. The van der Waals surface area contributed by atoms with Gasteiger partial charge in [0, 0.05) is 29.4 Å². The first kappa shape index (κ1) is 22.6. The smallest absolute Gasteiger partial charge is 0.322 e. The monoisotopic (exact) mass is 457 g/mol. The van der Waals surface area contributed by atoms with Gasteiger partial charge in [-0.3, -0.25) is 9.78 Å². The van der Waals surface area contributed by atoms with E-state index in [0.717, 1.165) is 0 Å². The molecule has 2 aromatic carbocycles. The summed E-state index contributed by atoms with van der Waals surface area (Å²) in [5.41, 5.74) is -2.82. The van der Waals surface area contributed by atoms with Crippen LogP contribution in [0.15, 0.2) is 66.1 Å². The Bertz CT molecular complexity index is 1040. The highest BCUT2D eigenvalue weighted by atomic mass is 32.2. The Morgan fingerprint density at radius 2 is 1.61 bits per heavy atom. The number of rotatable bonds is 5. The first-order valence-corrected chi connectivity index (χ1v) is 9.59. The van der Waals surface area contributed by atoms with Gasteiger partial charge in [-0.25, -0.2) is 4.98 Å². The van der Waals surface area contributed by atoms with Crippen molar-refractivity contribution in [2.24, 2.45) is 0 Å². The molecule has 11 heteroatoms. The quantitative estimate of drug-likeness (QED) is 0.374.